The van der Waals surface area contributed by atoms with Crippen molar-refractivity contribution >= 4 is 43.6 Å². The van der Waals surface area contributed by atoms with Crippen molar-refractivity contribution in [2.45, 2.75) is 0 Å². The second-order valence-electron chi connectivity index (χ2n) is 8.70. The first-order chi connectivity index (χ1) is 25.1. The van der Waals surface area contributed by atoms with E-state index in [0.29, 0.717) is 5.69 Å². The molecule has 0 N–H and O–H groups in total. The number of aromatic nitrogens is 2. The van der Waals surface area contributed by atoms with Crippen molar-refractivity contribution in [2.75, 3.05) is 0 Å². The molecule has 0 amide bonds. The smallest absolute Gasteiger partial charge is 0.0782 e. The molecule has 0 atom stereocenters. The Morgan fingerprint density at radius 1 is 0.421 bits per heavy atom. The van der Waals surface area contributed by atoms with Crippen LogP contribution in [0.4, 0.5) is 0 Å². The van der Waals surface area contributed by atoms with Crippen LogP contribution >= 0.6 is 0 Å². The monoisotopic (exact) mass is 499 g/mol. The van der Waals surface area contributed by atoms with E-state index in [0.717, 1.165) is 15.7 Å². The largest absolute Gasteiger partial charge is 0.307 e. The van der Waals surface area contributed by atoms with Crippen molar-refractivity contribution in [1.29, 1.82) is 0 Å². The molecule has 2 heterocycles. The number of rotatable bonds is 3. The van der Waals surface area contributed by atoms with Crippen LogP contribution in [0.3, 0.4) is 0 Å². The average Bonchev–Trinajstić information content (AvgIpc) is 3.71. The van der Waals surface area contributed by atoms with Crippen LogP contribution in [0, 0.1) is 0 Å². The summed E-state index contributed by atoms with van der Waals surface area (Å²) in [4.78, 5) is 0. The van der Waals surface area contributed by atoms with E-state index in [1.165, 1.54) is 4.57 Å². The molecule has 0 unspecified atom stereocenters. The number of nitrogens with zero attached hydrogens (tertiary/aromatic N) is 2. The zero-order valence-corrected chi connectivity index (χ0v) is 19.6. The lowest BCUT2D eigenvalue weighted by Gasteiger charge is -2.14. The molecule has 0 aliphatic heterocycles. The first-order valence-electron chi connectivity index (χ1n) is 19.3. The summed E-state index contributed by atoms with van der Waals surface area (Å²) in [5, 5.41) is -0.813. The van der Waals surface area contributed by atoms with Gasteiger partial charge in [-0.1, -0.05) is 109 Å². The van der Waals surface area contributed by atoms with Crippen LogP contribution in [0.1, 0.15) is 20.6 Å². The van der Waals surface area contributed by atoms with E-state index in [-0.39, 0.29) is 49.3 Å². The molecule has 6 aromatic carbocycles. The predicted molar refractivity (Wildman–Crippen MR) is 161 cm³/mol. The van der Waals surface area contributed by atoms with E-state index in [4.69, 9.17) is 19.2 Å². The lowest BCUT2D eigenvalue weighted by molar-refractivity contribution is 1.13. The molecular formula is C36H24N2. The summed E-state index contributed by atoms with van der Waals surface area (Å²) in [6.07, 6.45) is 0. The third-order valence-electron chi connectivity index (χ3n) is 6.68. The fourth-order valence-corrected chi connectivity index (χ4v) is 5.05. The molecule has 2 nitrogen and oxygen atoms in total. The van der Waals surface area contributed by atoms with Crippen molar-refractivity contribution in [3.05, 3.63) is 145 Å². The third-order valence-corrected chi connectivity index (χ3v) is 6.68. The van der Waals surface area contributed by atoms with Crippen LogP contribution in [-0.4, -0.2) is 9.13 Å². The van der Waals surface area contributed by atoms with E-state index < -0.39 is 90.6 Å². The molecule has 0 saturated carbocycles. The Bertz CT molecular complexity index is 2850. The number of hydrogen-bond donors (Lipinski definition) is 0. The summed E-state index contributed by atoms with van der Waals surface area (Å²) >= 11 is 0. The van der Waals surface area contributed by atoms with Gasteiger partial charge in [-0.2, -0.15) is 0 Å². The van der Waals surface area contributed by atoms with Crippen LogP contribution in [-0.2, 0) is 0 Å². The molecule has 0 radical (unpaired) electrons. The maximum absolute atomic E-state index is 9.36. The molecular weight excluding hydrogens is 460 g/mol. The molecule has 0 fully saturated rings. The Kier molecular flexibility index (Phi) is 2.41. The molecule has 178 valence electrons. The van der Waals surface area contributed by atoms with Gasteiger partial charge < -0.3 is 9.13 Å². The summed E-state index contributed by atoms with van der Waals surface area (Å²) in [7, 11) is 0. The van der Waals surface area contributed by atoms with Crippen molar-refractivity contribution in [3.63, 3.8) is 0 Å². The maximum atomic E-state index is 9.36. The molecule has 0 bridgehead atoms. The maximum Gasteiger partial charge on any atom is 0.0782 e. The minimum absolute atomic E-state index is 0.0946. The Balaban J connectivity index is 1.70. The van der Waals surface area contributed by atoms with E-state index in [1.807, 2.05) is 30.3 Å². The standard InChI is InChI=1S/C36H24N2/c1-2-11-25(12-3-1)26-21-23-27(24-22-26)37-32-17-7-6-15-30(32)31-16-10-20-35(36(31)37)38-33-18-8-4-13-28(33)29-14-5-9-19-34(29)38/h1-24H/i4D,5D,6D,7D,8D,9D,10D,13D,14D,15D,16D,17D,18D,19D,20D. The summed E-state index contributed by atoms with van der Waals surface area (Å²) in [5.74, 6) is 0. The fraction of sp³-hybridized carbons (Fsp3) is 0. The number of hydrogen-bond acceptors (Lipinski definition) is 0. The third kappa shape index (κ3) is 3.01. The highest BCUT2D eigenvalue weighted by atomic mass is 15.1. The Hall–Kier alpha value is -5.08. The molecule has 38 heavy (non-hydrogen) atoms. The van der Waals surface area contributed by atoms with Gasteiger partial charge in [-0.25, -0.2) is 0 Å². The van der Waals surface area contributed by atoms with Gasteiger partial charge in [-0.3, -0.25) is 0 Å². The summed E-state index contributed by atoms with van der Waals surface area (Å²) in [5.41, 5.74) is 0.849. The van der Waals surface area contributed by atoms with Crippen molar-refractivity contribution in [3.8, 4) is 22.5 Å². The summed E-state index contributed by atoms with van der Waals surface area (Å²) in [6, 6.07) is 7.09. The fourth-order valence-electron chi connectivity index (χ4n) is 5.05. The zero-order chi connectivity index (χ0) is 38.1. The van der Waals surface area contributed by atoms with Crippen molar-refractivity contribution < 1.29 is 20.6 Å². The second-order valence-corrected chi connectivity index (χ2v) is 8.70. The lowest BCUT2D eigenvalue weighted by atomic mass is 10.1. The van der Waals surface area contributed by atoms with Gasteiger partial charge in [0.05, 0.1) is 48.3 Å². The van der Waals surface area contributed by atoms with Gasteiger partial charge in [0, 0.05) is 27.2 Å². The molecule has 0 aliphatic carbocycles. The van der Waals surface area contributed by atoms with Gasteiger partial charge in [0.25, 0.3) is 0 Å². The van der Waals surface area contributed by atoms with Gasteiger partial charge in [0.1, 0.15) is 0 Å². The lowest BCUT2D eigenvalue weighted by Crippen LogP contribution is -2.00. The predicted octanol–water partition coefficient (Wildman–Crippen LogP) is 9.55. The first kappa shape index (κ1) is 11.1. The van der Waals surface area contributed by atoms with Gasteiger partial charge in [0.15, 0.2) is 0 Å². The van der Waals surface area contributed by atoms with Crippen LogP contribution in [0.25, 0.3) is 66.1 Å². The molecule has 0 saturated heterocycles. The highest BCUT2D eigenvalue weighted by molar-refractivity contribution is 6.15. The summed E-state index contributed by atoms with van der Waals surface area (Å²) < 4.78 is 135. The Morgan fingerprint density at radius 2 is 0.921 bits per heavy atom. The Morgan fingerprint density at radius 3 is 1.55 bits per heavy atom. The zero-order valence-electron chi connectivity index (χ0n) is 34.6. The highest BCUT2D eigenvalue weighted by Crippen LogP contribution is 2.39. The topological polar surface area (TPSA) is 9.86 Å². The number of benzene rings is 6. The van der Waals surface area contributed by atoms with E-state index in [2.05, 4.69) is 0 Å². The van der Waals surface area contributed by atoms with E-state index >= 15 is 0 Å². The number of fused-ring (bicyclic) bond motifs is 6. The van der Waals surface area contributed by atoms with Crippen LogP contribution < -0.4 is 0 Å². The van der Waals surface area contributed by atoms with Gasteiger partial charge in [0.2, 0.25) is 0 Å². The average molecular weight is 500 g/mol. The normalized spacial score (nSPS) is 17.2. The van der Waals surface area contributed by atoms with Crippen LogP contribution in [0.2, 0.25) is 0 Å². The molecule has 2 aromatic heterocycles. The van der Waals surface area contributed by atoms with E-state index in [9.17, 15) is 1.37 Å². The molecule has 8 rings (SSSR count). The first-order valence-corrected chi connectivity index (χ1v) is 11.8. The second kappa shape index (κ2) is 8.22. The van der Waals surface area contributed by atoms with Crippen LogP contribution in [0.15, 0.2) is 145 Å². The van der Waals surface area contributed by atoms with E-state index in [1.54, 1.807) is 24.3 Å². The van der Waals surface area contributed by atoms with Crippen molar-refractivity contribution in [1.82, 2.24) is 9.13 Å². The Labute approximate surface area is 241 Å². The molecule has 2 heteroatoms. The molecule has 0 spiro atoms. The van der Waals surface area contributed by atoms with Crippen molar-refractivity contribution in [2.24, 2.45) is 0 Å². The van der Waals surface area contributed by atoms with Gasteiger partial charge in [-0.15, -0.1) is 0 Å². The minimum atomic E-state index is -0.690. The minimum Gasteiger partial charge on any atom is -0.307 e. The number of para-hydroxylation sites is 4. The summed E-state index contributed by atoms with van der Waals surface area (Å²) in [6.45, 7) is 0. The van der Waals surface area contributed by atoms with Gasteiger partial charge in [-0.05, 0) is 47.4 Å². The highest BCUT2D eigenvalue weighted by Gasteiger charge is 2.19. The van der Waals surface area contributed by atoms with Gasteiger partial charge >= 0.3 is 0 Å². The molecule has 0 aliphatic rings. The SMILES string of the molecule is [2H]c1c([2H])c([2H])c2c(c1[2H])c1c([2H])c([2H])c([2H])c(-n3c4c([2H])c([2H])c([2H])c([2H])c4c4c([2H])c([2H])c([2H])c([2H])c43)c1n2-c1ccc(-c2ccccc2)cc1. The van der Waals surface area contributed by atoms with Crippen LogP contribution in [0.5, 0.6) is 0 Å². The molecule has 8 aromatic rings. The quantitative estimate of drug-likeness (QED) is 0.229.